The van der Waals surface area contributed by atoms with Gasteiger partial charge in [0.2, 0.25) is 0 Å². The summed E-state index contributed by atoms with van der Waals surface area (Å²) in [5.41, 5.74) is 1.79. The fraction of sp³-hybridized carbons (Fsp3) is 0.296. The molecule has 0 radical (unpaired) electrons. The van der Waals surface area contributed by atoms with E-state index in [2.05, 4.69) is 20.9 Å². The number of esters is 1. The van der Waals surface area contributed by atoms with Crippen LogP contribution in [0.3, 0.4) is 0 Å². The molecule has 10 heteroatoms. The molecule has 4 rings (SSSR count). The number of fused-ring (bicyclic) bond motifs is 1. The van der Waals surface area contributed by atoms with E-state index in [-0.39, 0.29) is 17.9 Å². The van der Waals surface area contributed by atoms with E-state index in [4.69, 9.17) is 14.2 Å². The molecule has 0 aliphatic carbocycles. The van der Waals surface area contributed by atoms with Crippen LogP contribution < -0.4 is 24.4 Å². The fourth-order valence-corrected chi connectivity index (χ4v) is 5.68. The van der Waals surface area contributed by atoms with Crippen molar-refractivity contribution < 1.29 is 24.1 Å². The number of hydrogen-bond acceptors (Lipinski definition) is 8. The van der Waals surface area contributed by atoms with Crippen molar-refractivity contribution in [1.29, 1.82) is 0 Å². The van der Waals surface area contributed by atoms with Gasteiger partial charge in [0.25, 0.3) is 5.56 Å². The van der Waals surface area contributed by atoms with Crippen molar-refractivity contribution in [2.75, 3.05) is 19.8 Å². The lowest BCUT2D eigenvalue weighted by atomic mass is 9.95. The van der Waals surface area contributed by atoms with Crippen molar-refractivity contribution in [3.8, 4) is 17.2 Å². The SMILES string of the molecule is CCOC(=O)C1=C(C)N=c2s/c(=C/c3cc(Br)c(O)c(OCC)c3)c(=O)n2[C@@H]1c1ccccc1OCC. The second-order valence-corrected chi connectivity index (χ2v) is 9.92. The number of allylic oxidation sites excluding steroid dienone is 1. The number of phenolic OH excluding ortho intramolecular Hbond substituents is 1. The Balaban J connectivity index is 1.97. The molecular weight excluding hydrogens is 560 g/mol. The monoisotopic (exact) mass is 586 g/mol. The molecule has 0 unspecified atom stereocenters. The Hall–Kier alpha value is -3.37. The molecule has 1 N–H and O–H groups in total. The smallest absolute Gasteiger partial charge is 0.338 e. The van der Waals surface area contributed by atoms with E-state index in [0.29, 0.717) is 60.9 Å². The molecular formula is C27H27BrN2O6S. The van der Waals surface area contributed by atoms with Crippen molar-refractivity contribution in [1.82, 2.24) is 4.57 Å². The van der Waals surface area contributed by atoms with Gasteiger partial charge in [-0.15, -0.1) is 0 Å². The topological polar surface area (TPSA) is 99.4 Å². The number of aromatic hydroxyl groups is 1. The molecule has 1 aliphatic heterocycles. The van der Waals surface area contributed by atoms with Gasteiger partial charge in [0.15, 0.2) is 16.3 Å². The average molecular weight is 587 g/mol. The van der Waals surface area contributed by atoms with Crippen LogP contribution in [0.2, 0.25) is 0 Å². The molecule has 0 bridgehead atoms. The summed E-state index contributed by atoms with van der Waals surface area (Å²) < 4.78 is 19.1. The third-order valence-corrected chi connectivity index (χ3v) is 7.27. The van der Waals surface area contributed by atoms with Crippen LogP contribution in [0.15, 0.2) is 61.9 Å². The predicted molar refractivity (Wildman–Crippen MR) is 145 cm³/mol. The van der Waals surface area contributed by atoms with E-state index < -0.39 is 12.0 Å². The summed E-state index contributed by atoms with van der Waals surface area (Å²) in [6.45, 7) is 8.17. The Bertz CT molecular complexity index is 1560. The molecule has 0 spiro atoms. The first-order chi connectivity index (χ1) is 17.8. The second-order valence-electron chi connectivity index (χ2n) is 8.06. The molecule has 3 aromatic rings. The molecule has 2 heterocycles. The molecule has 0 saturated carbocycles. The zero-order valence-corrected chi connectivity index (χ0v) is 23.3. The first-order valence-electron chi connectivity index (χ1n) is 11.9. The summed E-state index contributed by atoms with van der Waals surface area (Å²) in [6, 6.07) is 9.94. The van der Waals surface area contributed by atoms with Gasteiger partial charge in [-0.25, -0.2) is 9.79 Å². The number of para-hydroxylation sites is 1. The number of carbonyl (C=O) groups excluding carboxylic acids is 1. The van der Waals surface area contributed by atoms with Crippen LogP contribution in [0.25, 0.3) is 6.08 Å². The van der Waals surface area contributed by atoms with E-state index in [1.807, 2.05) is 38.1 Å². The number of ether oxygens (including phenoxy) is 3. The number of nitrogens with zero attached hydrogens (tertiary/aromatic N) is 2. The number of benzene rings is 2. The lowest BCUT2D eigenvalue weighted by Crippen LogP contribution is -2.40. The van der Waals surface area contributed by atoms with Crippen LogP contribution >= 0.6 is 27.3 Å². The van der Waals surface area contributed by atoms with Crippen LogP contribution in [0.4, 0.5) is 0 Å². The lowest BCUT2D eigenvalue weighted by molar-refractivity contribution is -0.139. The van der Waals surface area contributed by atoms with E-state index in [0.717, 1.165) is 0 Å². The molecule has 194 valence electrons. The molecule has 0 amide bonds. The highest BCUT2D eigenvalue weighted by atomic mass is 79.9. The Labute approximate surface area is 226 Å². The van der Waals surface area contributed by atoms with E-state index in [9.17, 15) is 14.7 Å². The average Bonchev–Trinajstić information content (AvgIpc) is 3.16. The maximum atomic E-state index is 13.8. The van der Waals surface area contributed by atoms with Gasteiger partial charge >= 0.3 is 5.97 Å². The van der Waals surface area contributed by atoms with Crippen LogP contribution in [-0.2, 0) is 9.53 Å². The Morgan fingerprint density at radius 2 is 1.84 bits per heavy atom. The third kappa shape index (κ3) is 5.21. The molecule has 1 aromatic heterocycles. The highest BCUT2D eigenvalue weighted by molar-refractivity contribution is 9.10. The van der Waals surface area contributed by atoms with E-state index in [1.165, 1.54) is 15.9 Å². The van der Waals surface area contributed by atoms with Gasteiger partial charge in [0.05, 0.1) is 40.1 Å². The Morgan fingerprint density at radius 3 is 2.54 bits per heavy atom. The molecule has 1 atom stereocenters. The first-order valence-corrected chi connectivity index (χ1v) is 13.5. The largest absolute Gasteiger partial charge is 0.503 e. The number of halogens is 1. The normalized spacial score (nSPS) is 15.3. The standard InChI is InChI=1S/C27H27BrN2O6S/c1-5-34-19-11-9-8-10-17(19)23-22(26(33)36-7-3)15(4)29-27-30(23)25(32)21(37-27)14-16-12-18(28)24(31)20(13-16)35-6-2/h8-14,23,31H,5-7H2,1-4H3/b21-14+/t23-/m1/s1. The van der Waals surface area contributed by atoms with Crippen molar-refractivity contribution in [3.63, 3.8) is 0 Å². The molecule has 2 aromatic carbocycles. The lowest BCUT2D eigenvalue weighted by Gasteiger charge is -2.26. The Morgan fingerprint density at radius 1 is 1.14 bits per heavy atom. The molecule has 0 saturated heterocycles. The van der Waals surface area contributed by atoms with Crippen molar-refractivity contribution in [3.05, 3.63) is 83.0 Å². The van der Waals surface area contributed by atoms with Crippen LogP contribution in [0.1, 0.15) is 44.9 Å². The number of carbonyl (C=O) groups is 1. The minimum absolute atomic E-state index is 0.0114. The fourth-order valence-electron chi connectivity index (χ4n) is 4.17. The summed E-state index contributed by atoms with van der Waals surface area (Å²) >= 11 is 4.56. The number of phenols is 1. The molecule has 8 nitrogen and oxygen atoms in total. The maximum absolute atomic E-state index is 13.8. The molecule has 37 heavy (non-hydrogen) atoms. The summed E-state index contributed by atoms with van der Waals surface area (Å²) in [7, 11) is 0. The van der Waals surface area contributed by atoms with Gasteiger partial charge in [-0.1, -0.05) is 29.5 Å². The quantitative estimate of drug-likeness (QED) is 0.399. The van der Waals surface area contributed by atoms with Crippen molar-refractivity contribution in [2.24, 2.45) is 4.99 Å². The summed E-state index contributed by atoms with van der Waals surface area (Å²) in [5, 5.41) is 10.3. The molecule has 1 aliphatic rings. The van der Waals surface area contributed by atoms with Crippen molar-refractivity contribution in [2.45, 2.75) is 33.7 Å². The minimum Gasteiger partial charge on any atom is -0.503 e. The van der Waals surface area contributed by atoms with Crippen LogP contribution in [0, 0.1) is 0 Å². The number of thiazole rings is 1. The van der Waals surface area contributed by atoms with Gasteiger partial charge in [-0.2, -0.15) is 0 Å². The van der Waals surface area contributed by atoms with Gasteiger partial charge in [0.1, 0.15) is 11.8 Å². The van der Waals surface area contributed by atoms with Crippen LogP contribution in [0.5, 0.6) is 17.2 Å². The second kappa shape index (κ2) is 11.4. The summed E-state index contributed by atoms with van der Waals surface area (Å²) in [6.07, 6.45) is 1.71. The molecule has 0 fully saturated rings. The number of aromatic nitrogens is 1. The highest BCUT2D eigenvalue weighted by Crippen LogP contribution is 2.37. The zero-order chi connectivity index (χ0) is 26.7. The van der Waals surface area contributed by atoms with E-state index >= 15 is 0 Å². The summed E-state index contributed by atoms with van der Waals surface area (Å²) in [5.74, 6) is 0.339. The van der Waals surface area contributed by atoms with Crippen LogP contribution in [-0.4, -0.2) is 35.5 Å². The van der Waals surface area contributed by atoms with Gasteiger partial charge in [0, 0.05) is 5.56 Å². The number of rotatable bonds is 8. The highest BCUT2D eigenvalue weighted by Gasteiger charge is 2.35. The van der Waals surface area contributed by atoms with E-state index in [1.54, 1.807) is 32.1 Å². The predicted octanol–water partition coefficient (Wildman–Crippen LogP) is 4.06. The maximum Gasteiger partial charge on any atom is 0.338 e. The first kappa shape index (κ1) is 26.7. The minimum atomic E-state index is -0.772. The zero-order valence-electron chi connectivity index (χ0n) is 20.9. The van der Waals surface area contributed by atoms with Crippen molar-refractivity contribution >= 4 is 39.3 Å². The Kier molecular flexibility index (Phi) is 8.19. The van der Waals surface area contributed by atoms with Gasteiger partial charge in [-0.3, -0.25) is 9.36 Å². The third-order valence-electron chi connectivity index (χ3n) is 5.68. The number of hydrogen-bond donors (Lipinski definition) is 1. The van der Waals surface area contributed by atoms with Gasteiger partial charge in [-0.05, 0) is 73.5 Å². The van der Waals surface area contributed by atoms with Gasteiger partial charge < -0.3 is 19.3 Å². The summed E-state index contributed by atoms with van der Waals surface area (Å²) in [4.78, 5) is 32.0.